The summed E-state index contributed by atoms with van der Waals surface area (Å²) >= 11 is 0. The van der Waals surface area contributed by atoms with Gasteiger partial charge in [-0.3, -0.25) is 4.79 Å². The van der Waals surface area contributed by atoms with Crippen LogP contribution in [0.1, 0.15) is 16.1 Å². The first-order chi connectivity index (χ1) is 13.7. The van der Waals surface area contributed by atoms with E-state index in [1.807, 2.05) is 55.5 Å². The number of benzene rings is 2. The number of hydrogen-bond donors (Lipinski definition) is 1. The predicted molar refractivity (Wildman–Crippen MR) is 106 cm³/mol. The zero-order valence-corrected chi connectivity index (χ0v) is 15.0. The number of nitrogens with zero attached hydrogens (tertiary/aromatic N) is 2. The number of aromatic nitrogens is 2. The SMILES string of the molecule is Cc1cc(-c2nc3ncccc3o2)ccc1NC(=O)c1cc2ccccc2o1. The molecule has 28 heavy (non-hydrogen) atoms. The minimum Gasteiger partial charge on any atom is -0.451 e. The number of carbonyl (C=O) groups is 1. The molecule has 0 saturated heterocycles. The topological polar surface area (TPSA) is 81.2 Å². The Balaban J connectivity index is 1.42. The highest BCUT2D eigenvalue weighted by atomic mass is 16.4. The van der Waals surface area contributed by atoms with Gasteiger partial charge in [0.1, 0.15) is 5.58 Å². The van der Waals surface area contributed by atoms with Crippen LogP contribution < -0.4 is 5.32 Å². The average Bonchev–Trinajstić information content (AvgIpc) is 3.33. The fourth-order valence-electron chi connectivity index (χ4n) is 3.11. The van der Waals surface area contributed by atoms with Crippen molar-refractivity contribution in [3.8, 4) is 11.5 Å². The molecule has 3 aromatic heterocycles. The highest BCUT2D eigenvalue weighted by Gasteiger charge is 2.15. The molecule has 0 spiro atoms. The fraction of sp³-hybridized carbons (Fsp3) is 0.0455. The standard InChI is InChI=1S/C22H15N3O3/c1-13-11-15(22-25-20-18(28-22)7-4-10-23-20)8-9-16(13)24-21(26)19-12-14-5-2-3-6-17(14)27-19/h2-12H,1H3,(H,24,26). The van der Waals surface area contributed by atoms with Crippen LogP contribution in [0, 0.1) is 6.92 Å². The molecule has 5 aromatic rings. The molecular weight excluding hydrogens is 354 g/mol. The lowest BCUT2D eigenvalue weighted by atomic mass is 10.1. The van der Waals surface area contributed by atoms with Crippen molar-refractivity contribution < 1.29 is 13.6 Å². The van der Waals surface area contributed by atoms with E-state index in [0.717, 1.165) is 16.5 Å². The monoisotopic (exact) mass is 369 g/mol. The van der Waals surface area contributed by atoms with Gasteiger partial charge in [0.25, 0.3) is 5.91 Å². The summed E-state index contributed by atoms with van der Waals surface area (Å²) in [5.41, 5.74) is 4.29. The van der Waals surface area contributed by atoms with E-state index in [0.29, 0.717) is 28.4 Å². The van der Waals surface area contributed by atoms with E-state index in [1.54, 1.807) is 18.3 Å². The van der Waals surface area contributed by atoms with Gasteiger partial charge in [-0.2, -0.15) is 4.98 Å². The minimum absolute atomic E-state index is 0.273. The molecule has 0 atom stereocenters. The van der Waals surface area contributed by atoms with Crippen molar-refractivity contribution in [3.05, 3.63) is 78.2 Å². The Morgan fingerprint density at radius 3 is 2.64 bits per heavy atom. The normalized spacial score (nSPS) is 11.2. The third-order valence-corrected chi connectivity index (χ3v) is 4.54. The lowest BCUT2D eigenvalue weighted by molar-refractivity contribution is 0.0998. The van der Waals surface area contributed by atoms with Crippen LogP contribution in [0.2, 0.25) is 0 Å². The summed E-state index contributed by atoms with van der Waals surface area (Å²) in [5.74, 6) is 0.472. The van der Waals surface area contributed by atoms with Crippen LogP contribution in [-0.2, 0) is 0 Å². The van der Waals surface area contributed by atoms with E-state index >= 15 is 0 Å². The Morgan fingerprint density at radius 2 is 1.82 bits per heavy atom. The van der Waals surface area contributed by atoms with Gasteiger partial charge in [0.05, 0.1) is 0 Å². The zero-order chi connectivity index (χ0) is 19.1. The van der Waals surface area contributed by atoms with Crippen LogP contribution in [0.3, 0.4) is 0 Å². The van der Waals surface area contributed by atoms with Gasteiger partial charge in [-0.1, -0.05) is 18.2 Å². The summed E-state index contributed by atoms with van der Waals surface area (Å²) in [6, 6.07) is 18.5. The molecule has 0 saturated carbocycles. The Hall–Kier alpha value is -3.93. The molecule has 0 fully saturated rings. The number of nitrogens with one attached hydrogen (secondary N) is 1. The van der Waals surface area contributed by atoms with E-state index in [2.05, 4.69) is 15.3 Å². The van der Waals surface area contributed by atoms with Crippen LogP contribution >= 0.6 is 0 Å². The van der Waals surface area contributed by atoms with E-state index in [-0.39, 0.29) is 11.7 Å². The van der Waals surface area contributed by atoms with Crippen LogP contribution in [0.25, 0.3) is 33.7 Å². The maximum Gasteiger partial charge on any atom is 0.291 e. The lowest BCUT2D eigenvalue weighted by Gasteiger charge is -2.08. The molecule has 0 aliphatic carbocycles. The van der Waals surface area contributed by atoms with Crippen molar-refractivity contribution in [3.63, 3.8) is 0 Å². The number of rotatable bonds is 3. The molecule has 0 aliphatic rings. The lowest BCUT2D eigenvalue weighted by Crippen LogP contribution is -2.11. The first-order valence-electron chi connectivity index (χ1n) is 8.80. The van der Waals surface area contributed by atoms with Gasteiger partial charge < -0.3 is 14.2 Å². The molecule has 0 bridgehead atoms. The summed E-state index contributed by atoms with van der Waals surface area (Å²) in [7, 11) is 0. The smallest absolute Gasteiger partial charge is 0.291 e. The van der Waals surface area contributed by atoms with E-state index < -0.39 is 0 Å². The number of pyridine rings is 1. The number of oxazole rings is 1. The largest absolute Gasteiger partial charge is 0.451 e. The molecule has 0 radical (unpaired) electrons. The van der Waals surface area contributed by atoms with Crippen molar-refractivity contribution in [2.75, 3.05) is 5.32 Å². The van der Waals surface area contributed by atoms with Crippen molar-refractivity contribution in [1.82, 2.24) is 9.97 Å². The number of hydrogen-bond acceptors (Lipinski definition) is 5. The van der Waals surface area contributed by atoms with Gasteiger partial charge in [-0.25, -0.2) is 4.98 Å². The van der Waals surface area contributed by atoms with Crippen molar-refractivity contribution in [1.29, 1.82) is 0 Å². The zero-order valence-electron chi connectivity index (χ0n) is 15.0. The third kappa shape index (κ3) is 2.81. The summed E-state index contributed by atoms with van der Waals surface area (Å²) in [6.07, 6.45) is 1.68. The summed E-state index contributed by atoms with van der Waals surface area (Å²) in [5, 5.41) is 3.79. The second kappa shape index (κ2) is 6.35. The predicted octanol–water partition coefficient (Wildman–Crippen LogP) is 5.20. The number of para-hydroxylation sites is 1. The molecule has 0 aliphatic heterocycles. The number of aryl methyl sites for hydroxylation is 1. The molecule has 2 aromatic carbocycles. The first-order valence-corrected chi connectivity index (χ1v) is 8.80. The molecule has 5 rings (SSSR count). The van der Waals surface area contributed by atoms with Gasteiger partial charge in [0.2, 0.25) is 5.89 Å². The van der Waals surface area contributed by atoms with Gasteiger partial charge in [-0.15, -0.1) is 0 Å². The Labute approximate surface area is 159 Å². The third-order valence-electron chi connectivity index (χ3n) is 4.54. The number of fused-ring (bicyclic) bond motifs is 2. The maximum absolute atomic E-state index is 12.6. The fourth-order valence-corrected chi connectivity index (χ4v) is 3.11. The van der Waals surface area contributed by atoms with E-state index in [1.165, 1.54) is 0 Å². The van der Waals surface area contributed by atoms with E-state index in [9.17, 15) is 4.79 Å². The number of furan rings is 1. The quantitative estimate of drug-likeness (QED) is 0.473. The molecule has 1 amide bonds. The number of carbonyl (C=O) groups excluding carboxylic acids is 1. The molecule has 6 heteroatoms. The molecule has 3 heterocycles. The summed E-state index contributed by atoms with van der Waals surface area (Å²) < 4.78 is 11.4. The summed E-state index contributed by atoms with van der Waals surface area (Å²) in [4.78, 5) is 21.2. The Bertz CT molecular complexity index is 1270. The molecular formula is C22H15N3O3. The Morgan fingerprint density at radius 1 is 0.964 bits per heavy atom. The van der Waals surface area contributed by atoms with Crippen LogP contribution in [0.5, 0.6) is 0 Å². The molecule has 6 nitrogen and oxygen atoms in total. The van der Waals surface area contributed by atoms with Gasteiger partial charge in [0.15, 0.2) is 17.0 Å². The van der Waals surface area contributed by atoms with Crippen molar-refractivity contribution in [2.45, 2.75) is 6.92 Å². The van der Waals surface area contributed by atoms with Crippen LogP contribution in [-0.4, -0.2) is 15.9 Å². The van der Waals surface area contributed by atoms with Crippen molar-refractivity contribution >= 4 is 33.8 Å². The number of amides is 1. The average molecular weight is 369 g/mol. The first kappa shape index (κ1) is 16.3. The summed E-state index contributed by atoms with van der Waals surface area (Å²) in [6.45, 7) is 1.92. The highest BCUT2D eigenvalue weighted by molar-refractivity contribution is 6.05. The van der Waals surface area contributed by atoms with Gasteiger partial charge >= 0.3 is 0 Å². The number of anilines is 1. The maximum atomic E-state index is 12.6. The molecule has 1 N–H and O–H groups in total. The highest BCUT2D eigenvalue weighted by Crippen LogP contribution is 2.27. The van der Waals surface area contributed by atoms with Crippen molar-refractivity contribution in [2.24, 2.45) is 0 Å². The minimum atomic E-state index is -0.293. The Kier molecular flexibility index (Phi) is 3.69. The van der Waals surface area contributed by atoms with Crippen LogP contribution in [0.15, 0.2) is 75.7 Å². The van der Waals surface area contributed by atoms with E-state index in [4.69, 9.17) is 8.83 Å². The van der Waals surface area contributed by atoms with Crippen LogP contribution in [0.4, 0.5) is 5.69 Å². The second-order valence-corrected chi connectivity index (χ2v) is 6.48. The van der Waals surface area contributed by atoms with Gasteiger partial charge in [0, 0.05) is 22.8 Å². The second-order valence-electron chi connectivity index (χ2n) is 6.48. The molecule has 136 valence electrons. The van der Waals surface area contributed by atoms with Gasteiger partial charge in [-0.05, 0) is 55.0 Å². The molecule has 0 unspecified atom stereocenters.